The standard InChI is InChI=1S/C34H28N4O6/c1-34-26(30(40)36(31(34)41)22-8-4-2-5-9-22)18-27-25(29(34)21-16-20-17-24(39)12-13-28(20)44-19-21)14-15-35-32(42)37(33(43)38(27)35)23-10-6-3-7-11-23/h2-14,17,19,26-27,29,39H,15-16,18H2,1H3/t26-,27+,29-,34+/m0/s1. The van der Waals surface area contributed by atoms with Gasteiger partial charge in [0, 0.05) is 17.9 Å². The van der Waals surface area contributed by atoms with Crippen LogP contribution in [0.2, 0.25) is 0 Å². The summed E-state index contributed by atoms with van der Waals surface area (Å²) in [6, 6.07) is 21.9. The number of imide groups is 1. The van der Waals surface area contributed by atoms with E-state index in [4.69, 9.17) is 4.74 Å². The van der Waals surface area contributed by atoms with Crippen molar-refractivity contribution in [3.63, 3.8) is 0 Å². The van der Waals surface area contributed by atoms with Crippen molar-refractivity contribution in [2.75, 3.05) is 4.90 Å². The summed E-state index contributed by atoms with van der Waals surface area (Å²) in [4.78, 5) is 57.6. The molecule has 2 fully saturated rings. The molecule has 44 heavy (non-hydrogen) atoms. The van der Waals surface area contributed by atoms with E-state index in [1.54, 1.807) is 73.0 Å². The van der Waals surface area contributed by atoms with Crippen LogP contribution in [0.1, 0.15) is 24.9 Å². The fourth-order valence-electron chi connectivity index (χ4n) is 7.73. The van der Waals surface area contributed by atoms with E-state index in [0.29, 0.717) is 23.5 Å². The number of phenols is 1. The second-order valence-corrected chi connectivity index (χ2v) is 12.0. The topological polar surface area (TPSA) is 116 Å². The van der Waals surface area contributed by atoms with Gasteiger partial charge in [0.2, 0.25) is 11.8 Å². The van der Waals surface area contributed by atoms with Gasteiger partial charge in [0.05, 0.1) is 41.6 Å². The van der Waals surface area contributed by atoms with E-state index in [-0.39, 0.29) is 30.5 Å². The Morgan fingerprint density at radius 2 is 1.59 bits per heavy atom. The molecule has 1 aliphatic carbocycles. The number of aromatic nitrogens is 3. The van der Waals surface area contributed by atoms with E-state index in [9.17, 15) is 24.3 Å². The molecule has 1 N–H and O–H groups in total. The quantitative estimate of drug-likeness (QED) is 0.288. The molecule has 4 heterocycles. The van der Waals surface area contributed by atoms with Gasteiger partial charge in [-0.05, 0) is 67.0 Å². The van der Waals surface area contributed by atoms with E-state index >= 15 is 0 Å². The van der Waals surface area contributed by atoms with Crippen molar-refractivity contribution in [1.29, 1.82) is 0 Å². The third kappa shape index (κ3) is 3.48. The Morgan fingerprint density at radius 3 is 2.32 bits per heavy atom. The zero-order valence-electron chi connectivity index (χ0n) is 23.8. The van der Waals surface area contributed by atoms with Crippen LogP contribution >= 0.6 is 0 Å². The Hall–Kier alpha value is -5.38. The van der Waals surface area contributed by atoms with Crippen LogP contribution in [0.25, 0.3) is 5.69 Å². The third-order valence-electron chi connectivity index (χ3n) is 9.71. The van der Waals surface area contributed by atoms with Gasteiger partial charge in [-0.15, -0.1) is 0 Å². The Labute approximate surface area is 251 Å². The number of amides is 2. The number of fused-ring (bicyclic) bond motifs is 5. The summed E-state index contributed by atoms with van der Waals surface area (Å²) in [5.41, 5.74) is 1.10. The van der Waals surface area contributed by atoms with Crippen LogP contribution in [0.5, 0.6) is 11.5 Å². The van der Waals surface area contributed by atoms with Crippen molar-refractivity contribution in [1.82, 2.24) is 13.9 Å². The lowest BCUT2D eigenvalue weighted by atomic mass is 9.56. The molecule has 3 aromatic carbocycles. The zero-order valence-corrected chi connectivity index (χ0v) is 23.8. The highest BCUT2D eigenvalue weighted by molar-refractivity contribution is 6.24. The number of hydrogen-bond acceptors (Lipinski definition) is 6. The van der Waals surface area contributed by atoms with Gasteiger partial charge in [0.25, 0.3) is 0 Å². The summed E-state index contributed by atoms with van der Waals surface area (Å²) in [6.45, 7) is 1.97. The smallest absolute Gasteiger partial charge is 0.352 e. The van der Waals surface area contributed by atoms with Gasteiger partial charge in [0.1, 0.15) is 11.5 Å². The molecule has 8 rings (SSSR count). The molecule has 10 heteroatoms. The van der Waals surface area contributed by atoms with Crippen LogP contribution in [0.4, 0.5) is 5.69 Å². The van der Waals surface area contributed by atoms with Crippen molar-refractivity contribution in [3.05, 3.63) is 129 Å². The van der Waals surface area contributed by atoms with Gasteiger partial charge < -0.3 is 9.84 Å². The number of carbonyl (C=O) groups excluding carboxylic acids is 2. The highest BCUT2D eigenvalue weighted by Crippen LogP contribution is 2.60. The second kappa shape index (κ2) is 9.31. The number of phenolic OH excluding ortho intramolecular Hbond substituents is 1. The molecule has 0 radical (unpaired) electrons. The molecule has 10 nitrogen and oxygen atoms in total. The molecule has 220 valence electrons. The number of nitrogens with zero attached hydrogens (tertiary/aromatic N) is 4. The molecule has 0 bridgehead atoms. The number of rotatable bonds is 3. The lowest BCUT2D eigenvalue weighted by Gasteiger charge is -2.48. The van der Waals surface area contributed by atoms with Gasteiger partial charge in [-0.25, -0.2) is 28.4 Å². The largest absolute Gasteiger partial charge is 0.508 e. The summed E-state index contributed by atoms with van der Waals surface area (Å²) in [5, 5.41) is 10.2. The first-order valence-corrected chi connectivity index (χ1v) is 14.6. The van der Waals surface area contributed by atoms with Crippen LogP contribution < -0.4 is 21.0 Å². The Bertz CT molecular complexity index is 2050. The highest BCUT2D eigenvalue weighted by Gasteiger charge is 2.66. The van der Waals surface area contributed by atoms with E-state index in [1.807, 2.05) is 25.1 Å². The Balaban J connectivity index is 1.31. The minimum Gasteiger partial charge on any atom is -0.508 e. The minimum atomic E-state index is -1.19. The maximum absolute atomic E-state index is 14.5. The van der Waals surface area contributed by atoms with Crippen LogP contribution in [-0.4, -0.2) is 30.9 Å². The summed E-state index contributed by atoms with van der Waals surface area (Å²) in [5.74, 6) is -1.34. The number of benzene rings is 3. The first-order valence-electron chi connectivity index (χ1n) is 14.6. The van der Waals surface area contributed by atoms with Gasteiger partial charge in [-0.2, -0.15) is 0 Å². The number of carbonyl (C=O) groups is 2. The summed E-state index contributed by atoms with van der Waals surface area (Å²) < 4.78 is 10.1. The van der Waals surface area contributed by atoms with Crippen molar-refractivity contribution >= 4 is 17.5 Å². The van der Waals surface area contributed by atoms with E-state index in [1.165, 1.54) is 14.3 Å². The SMILES string of the molecule is C[C@@]12C(=O)N(c3ccccc3)C(=O)[C@@H]1C[C@@H]1C(=CCn3c(=O)n(-c4ccccc4)c(=O)n31)[C@@H]2C1=COc2ccc(O)cc2C1. The molecule has 1 saturated carbocycles. The lowest BCUT2D eigenvalue weighted by Crippen LogP contribution is -2.51. The molecule has 2 amide bonds. The Morgan fingerprint density at radius 1 is 0.886 bits per heavy atom. The van der Waals surface area contributed by atoms with Crippen LogP contribution in [-0.2, 0) is 22.6 Å². The van der Waals surface area contributed by atoms with Crippen molar-refractivity contribution in [2.45, 2.75) is 32.4 Å². The summed E-state index contributed by atoms with van der Waals surface area (Å²) >= 11 is 0. The van der Waals surface area contributed by atoms with Crippen molar-refractivity contribution < 1.29 is 19.4 Å². The maximum Gasteiger partial charge on any atom is 0.352 e. The average molecular weight is 589 g/mol. The number of hydrogen-bond donors (Lipinski definition) is 1. The minimum absolute atomic E-state index is 0.0938. The highest BCUT2D eigenvalue weighted by atomic mass is 16.5. The zero-order chi connectivity index (χ0) is 30.3. The monoisotopic (exact) mass is 588 g/mol. The normalized spacial score (nSPS) is 25.3. The van der Waals surface area contributed by atoms with E-state index in [2.05, 4.69) is 0 Å². The van der Waals surface area contributed by atoms with Gasteiger partial charge in [0.15, 0.2) is 0 Å². The fourth-order valence-corrected chi connectivity index (χ4v) is 7.73. The van der Waals surface area contributed by atoms with Crippen LogP contribution in [0.3, 0.4) is 0 Å². The number of aromatic hydroxyl groups is 1. The van der Waals surface area contributed by atoms with Crippen LogP contribution in [0, 0.1) is 17.3 Å². The summed E-state index contributed by atoms with van der Waals surface area (Å²) in [7, 11) is 0. The van der Waals surface area contributed by atoms with Gasteiger partial charge >= 0.3 is 11.4 Å². The molecule has 4 atom stereocenters. The predicted octanol–water partition coefficient (Wildman–Crippen LogP) is 3.72. The first-order chi connectivity index (χ1) is 21.3. The number of para-hydroxylation sites is 2. The van der Waals surface area contributed by atoms with Crippen molar-refractivity contribution in [2.24, 2.45) is 17.3 Å². The molecule has 1 saturated heterocycles. The molecule has 0 unspecified atom stereocenters. The summed E-state index contributed by atoms with van der Waals surface area (Å²) in [6.07, 6.45) is 4.11. The van der Waals surface area contributed by atoms with Gasteiger partial charge in [-0.3, -0.25) is 9.59 Å². The molecule has 4 aromatic rings. The molecule has 4 aliphatic rings. The average Bonchev–Trinajstić information content (AvgIpc) is 3.41. The maximum atomic E-state index is 14.5. The van der Waals surface area contributed by atoms with Crippen LogP contribution in [0.15, 0.2) is 112 Å². The van der Waals surface area contributed by atoms with E-state index < -0.39 is 34.7 Å². The molecule has 1 aromatic heterocycles. The lowest BCUT2D eigenvalue weighted by molar-refractivity contribution is -0.130. The van der Waals surface area contributed by atoms with E-state index in [0.717, 1.165) is 21.3 Å². The number of allylic oxidation sites excluding steroid dienone is 3. The third-order valence-corrected chi connectivity index (χ3v) is 9.71. The number of ether oxygens (including phenoxy) is 1. The number of anilines is 1. The Kier molecular flexibility index (Phi) is 5.56. The predicted molar refractivity (Wildman–Crippen MR) is 161 cm³/mol. The first kappa shape index (κ1) is 26.3. The molecular formula is C34H28N4O6. The molecule has 0 spiro atoms. The fraction of sp³-hybridized carbons (Fsp3) is 0.235. The second-order valence-electron chi connectivity index (χ2n) is 12.0. The van der Waals surface area contributed by atoms with Crippen molar-refractivity contribution in [3.8, 4) is 17.2 Å². The van der Waals surface area contributed by atoms with Gasteiger partial charge in [-0.1, -0.05) is 42.5 Å². The molecular weight excluding hydrogens is 560 g/mol. The molecule has 3 aliphatic heterocycles.